The number of aromatic nitrogens is 1. The van der Waals surface area contributed by atoms with Crippen LogP contribution in [0.25, 0.3) is 11.3 Å². The molecule has 2 aromatic carbocycles. The molecule has 1 aliphatic rings. The fourth-order valence-electron chi connectivity index (χ4n) is 3.52. The topological polar surface area (TPSA) is 65.5 Å². The molecular formula is C23H23FN4O2S. The monoisotopic (exact) mass is 438 g/mol. The van der Waals surface area contributed by atoms with E-state index in [2.05, 4.69) is 10.3 Å². The summed E-state index contributed by atoms with van der Waals surface area (Å²) in [6.07, 6.45) is 0.683. The van der Waals surface area contributed by atoms with Gasteiger partial charge in [-0.25, -0.2) is 14.2 Å². The number of benzene rings is 2. The maximum atomic E-state index is 13.1. The Hall–Kier alpha value is -3.26. The van der Waals surface area contributed by atoms with Gasteiger partial charge in [0.05, 0.1) is 10.7 Å². The highest BCUT2D eigenvalue weighted by Gasteiger charge is 2.23. The van der Waals surface area contributed by atoms with Crippen molar-refractivity contribution >= 4 is 29.0 Å². The van der Waals surface area contributed by atoms with Crippen LogP contribution in [0.5, 0.6) is 0 Å². The van der Waals surface area contributed by atoms with Crippen LogP contribution in [0.2, 0.25) is 0 Å². The number of carbonyl (C=O) groups is 2. The first-order chi connectivity index (χ1) is 15.0. The molecule has 0 radical (unpaired) electrons. The van der Waals surface area contributed by atoms with Crippen molar-refractivity contribution in [1.82, 2.24) is 14.8 Å². The van der Waals surface area contributed by atoms with E-state index in [9.17, 15) is 14.0 Å². The van der Waals surface area contributed by atoms with Crippen LogP contribution in [-0.2, 0) is 0 Å². The van der Waals surface area contributed by atoms with Crippen molar-refractivity contribution in [3.8, 4) is 11.3 Å². The fraction of sp³-hybridized carbons (Fsp3) is 0.261. The summed E-state index contributed by atoms with van der Waals surface area (Å²) < 4.78 is 13.1. The quantitative estimate of drug-likeness (QED) is 0.648. The zero-order valence-corrected chi connectivity index (χ0v) is 18.0. The van der Waals surface area contributed by atoms with E-state index in [0.717, 1.165) is 16.3 Å². The van der Waals surface area contributed by atoms with Gasteiger partial charge in [-0.1, -0.05) is 12.1 Å². The number of amides is 3. The van der Waals surface area contributed by atoms with Crippen LogP contribution in [0.1, 0.15) is 21.8 Å². The molecule has 0 spiro atoms. The first-order valence-corrected chi connectivity index (χ1v) is 11.0. The lowest BCUT2D eigenvalue weighted by Crippen LogP contribution is -2.39. The first kappa shape index (κ1) is 21.0. The van der Waals surface area contributed by atoms with Crippen LogP contribution in [0, 0.1) is 12.7 Å². The molecule has 31 heavy (non-hydrogen) atoms. The minimum atomic E-state index is -0.370. The standard InChI is InChI=1S/C23H23FN4O2S/c1-16-25-21(15-31-16)17-5-9-20(10-6-17)26-23(30)28-12-2-11-27(13-14-28)22(29)18-3-7-19(24)8-4-18/h3-10,15H,2,11-14H2,1H3,(H,26,30). The van der Waals surface area contributed by atoms with Crippen molar-refractivity contribution in [3.05, 3.63) is 70.3 Å². The average Bonchev–Trinajstić information content (AvgIpc) is 3.06. The van der Waals surface area contributed by atoms with Crippen molar-refractivity contribution in [2.75, 3.05) is 31.5 Å². The Kier molecular flexibility index (Phi) is 6.27. The molecule has 0 atom stereocenters. The minimum absolute atomic E-state index is 0.143. The van der Waals surface area contributed by atoms with Crippen molar-refractivity contribution in [2.45, 2.75) is 13.3 Å². The highest BCUT2D eigenvalue weighted by molar-refractivity contribution is 7.09. The van der Waals surface area contributed by atoms with E-state index in [0.29, 0.717) is 43.9 Å². The van der Waals surface area contributed by atoms with Crippen LogP contribution in [0.15, 0.2) is 53.9 Å². The Balaban J connectivity index is 1.34. The summed E-state index contributed by atoms with van der Waals surface area (Å²) in [6, 6.07) is 13.0. The summed E-state index contributed by atoms with van der Waals surface area (Å²) in [5.41, 5.74) is 3.10. The number of rotatable bonds is 3. The second kappa shape index (κ2) is 9.26. The third-order valence-corrected chi connectivity index (χ3v) is 5.99. The number of carbonyl (C=O) groups excluding carboxylic acids is 2. The van der Waals surface area contributed by atoms with Crippen molar-refractivity contribution < 1.29 is 14.0 Å². The Bertz CT molecular complexity index is 1070. The highest BCUT2D eigenvalue weighted by atomic mass is 32.1. The number of hydrogen-bond donors (Lipinski definition) is 1. The average molecular weight is 439 g/mol. The van der Waals surface area contributed by atoms with Crippen molar-refractivity contribution in [2.24, 2.45) is 0 Å². The Morgan fingerprint density at radius 2 is 1.65 bits per heavy atom. The van der Waals surface area contributed by atoms with Gasteiger partial charge in [-0.15, -0.1) is 11.3 Å². The number of nitrogens with one attached hydrogen (secondary N) is 1. The Morgan fingerprint density at radius 1 is 0.968 bits per heavy atom. The number of thiazole rings is 1. The number of aryl methyl sites for hydroxylation is 1. The van der Waals surface area contributed by atoms with Crippen LogP contribution in [-0.4, -0.2) is 52.9 Å². The molecule has 4 rings (SSSR count). The molecule has 8 heteroatoms. The molecule has 3 amide bonds. The number of halogens is 1. The largest absolute Gasteiger partial charge is 0.337 e. The molecule has 1 aromatic heterocycles. The van der Waals surface area contributed by atoms with E-state index >= 15 is 0 Å². The van der Waals surface area contributed by atoms with E-state index in [1.54, 1.807) is 21.1 Å². The smallest absolute Gasteiger partial charge is 0.321 e. The molecule has 0 unspecified atom stereocenters. The number of nitrogens with zero attached hydrogens (tertiary/aromatic N) is 3. The summed E-state index contributed by atoms with van der Waals surface area (Å²) >= 11 is 1.60. The molecule has 1 N–H and O–H groups in total. The van der Waals surface area contributed by atoms with Gasteiger partial charge < -0.3 is 15.1 Å². The Morgan fingerprint density at radius 3 is 2.32 bits per heavy atom. The van der Waals surface area contributed by atoms with Gasteiger partial charge in [0.15, 0.2) is 0 Å². The van der Waals surface area contributed by atoms with Gasteiger partial charge in [0.1, 0.15) is 5.82 Å². The van der Waals surface area contributed by atoms with E-state index < -0.39 is 0 Å². The zero-order valence-electron chi connectivity index (χ0n) is 17.2. The van der Waals surface area contributed by atoms with E-state index in [-0.39, 0.29) is 17.8 Å². The summed E-state index contributed by atoms with van der Waals surface area (Å²) in [5, 5.41) is 5.96. The van der Waals surface area contributed by atoms with Gasteiger partial charge >= 0.3 is 6.03 Å². The Labute approximate surface area is 184 Å². The van der Waals surface area contributed by atoms with Gasteiger partial charge in [0.25, 0.3) is 5.91 Å². The number of hydrogen-bond acceptors (Lipinski definition) is 4. The zero-order chi connectivity index (χ0) is 21.8. The van der Waals surface area contributed by atoms with Gasteiger partial charge in [-0.3, -0.25) is 4.79 Å². The summed E-state index contributed by atoms with van der Waals surface area (Å²) in [6.45, 7) is 3.97. The van der Waals surface area contributed by atoms with Crippen molar-refractivity contribution in [3.63, 3.8) is 0 Å². The summed E-state index contributed by atoms with van der Waals surface area (Å²) in [4.78, 5) is 33.3. The molecule has 6 nitrogen and oxygen atoms in total. The molecular weight excluding hydrogens is 415 g/mol. The van der Waals surface area contributed by atoms with Crippen molar-refractivity contribution in [1.29, 1.82) is 0 Å². The summed E-state index contributed by atoms with van der Waals surface area (Å²) in [5.74, 6) is -0.514. The minimum Gasteiger partial charge on any atom is -0.337 e. The number of urea groups is 1. The lowest BCUT2D eigenvalue weighted by atomic mass is 10.1. The number of anilines is 1. The highest BCUT2D eigenvalue weighted by Crippen LogP contribution is 2.23. The molecule has 2 heterocycles. The first-order valence-electron chi connectivity index (χ1n) is 10.1. The third-order valence-electron chi connectivity index (χ3n) is 5.21. The normalized spacial score (nSPS) is 14.3. The molecule has 3 aromatic rings. The SMILES string of the molecule is Cc1nc(-c2ccc(NC(=O)N3CCCN(C(=O)c4ccc(F)cc4)CC3)cc2)cs1. The predicted octanol–water partition coefficient (Wildman–Crippen LogP) is 4.64. The van der Waals surface area contributed by atoms with Crippen LogP contribution < -0.4 is 5.32 Å². The molecule has 1 fully saturated rings. The van der Waals surface area contributed by atoms with Crippen LogP contribution in [0.3, 0.4) is 0 Å². The van der Waals surface area contributed by atoms with Crippen LogP contribution >= 0.6 is 11.3 Å². The second-order valence-corrected chi connectivity index (χ2v) is 8.46. The molecule has 0 saturated carbocycles. The third kappa shape index (κ3) is 5.08. The second-order valence-electron chi connectivity index (χ2n) is 7.40. The van der Waals surface area contributed by atoms with Gasteiger partial charge in [0.2, 0.25) is 0 Å². The molecule has 0 aliphatic carbocycles. The van der Waals surface area contributed by atoms with Crippen LogP contribution in [0.4, 0.5) is 14.9 Å². The molecule has 1 saturated heterocycles. The van der Waals surface area contributed by atoms with Gasteiger partial charge in [0, 0.05) is 48.4 Å². The maximum Gasteiger partial charge on any atom is 0.321 e. The fourth-order valence-corrected chi connectivity index (χ4v) is 4.14. The van der Waals surface area contributed by atoms with E-state index in [4.69, 9.17) is 0 Å². The predicted molar refractivity (Wildman–Crippen MR) is 120 cm³/mol. The lowest BCUT2D eigenvalue weighted by Gasteiger charge is -2.22. The summed E-state index contributed by atoms with van der Waals surface area (Å²) in [7, 11) is 0. The maximum absolute atomic E-state index is 13.1. The van der Waals surface area contributed by atoms with Gasteiger partial charge in [-0.2, -0.15) is 0 Å². The van der Waals surface area contributed by atoms with E-state index in [1.165, 1.54) is 24.3 Å². The molecule has 0 bridgehead atoms. The lowest BCUT2D eigenvalue weighted by molar-refractivity contribution is 0.0762. The van der Waals surface area contributed by atoms with Gasteiger partial charge in [-0.05, 0) is 49.7 Å². The molecule has 1 aliphatic heterocycles. The van der Waals surface area contributed by atoms with E-state index in [1.807, 2.05) is 36.6 Å². The molecule has 160 valence electrons.